The van der Waals surface area contributed by atoms with Crippen LogP contribution in [0.3, 0.4) is 0 Å². The minimum absolute atomic E-state index is 0.297. The molecular weight excluding hydrogens is 284 g/mol. The highest BCUT2D eigenvalue weighted by atomic mass is 16.3. The SMILES string of the molecule is Cc1ccc(C)n1-c1cccc(-c2ccc(O)cc2C(C)C)n1. The fourth-order valence-corrected chi connectivity index (χ4v) is 2.99. The van der Waals surface area contributed by atoms with Crippen LogP contribution >= 0.6 is 0 Å². The van der Waals surface area contributed by atoms with Gasteiger partial charge in [0.05, 0.1) is 5.69 Å². The highest BCUT2D eigenvalue weighted by molar-refractivity contribution is 5.66. The zero-order valence-corrected chi connectivity index (χ0v) is 14.0. The van der Waals surface area contributed by atoms with Crippen LogP contribution in [0.4, 0.5) is 0 Å². The van der Waals surface area contributed by atoms with Crippen molar-refractivity contribution in [1.29, 1.82) is 0 Å². The van der Waals surface area contributed by atoms with E-state index < -0.39 is 0 Å². The van der Waals surface area contributed by atoms with Crippen molar-refractivity contribution in [3.8, 4) is 22.8 Å². The molecule has 0 amide bonds. The van der Waals surface area contributed by atoms with E-state index in [-0.39, 0.29) is 0 Å². The second-order valence-corrected chi connectivity index (χ2v) is 6.26. The zero-order valence-electron chi connectivity index (χ0n) is 14.0. The van der Waals surface area contributed by atoms with Crippen molar-refractivity contribution in [3.63, 3.8) is 0 Å². The minimum atomic E-state index is 0.297. The van der Waals surface area contributed by atoms with Crippen LogP contribution < -0.4 is 0 Å². The average molecular weight is 306 g/mol. The molecule has 0 radical (unpaired) electrons. The summed E-state index contributed by atoms with van der Waals surface area (Å²) in [5.74, 6) is 1.54. The molecule has 0 aliphatic heterocycles. The van der Waals surface area contributed by atoms with Gasteiger partial charge in [0.15, 0.2) is 0 Å². The number of hydrogen-bond donors (Lipinski definition) is 1. The Kier molecular flexibility index (Phi) is 3.95. The maximum atomic E-state index is 9.79. The first kappa shape index (κ1) is 15.3. The number of aryl methyl sites for hydroxylation is 2. The standard InChI is InChI=1S/C20H22N2O/c1-13(2)18-12-16(23)10-11-17(18)19-6-5-7-20(21-19)22-14(3)8-9-15(22)4/h5-13,23H,1-4H3. The molecule has 0 aliphatic carbocycles. The summed E-state index contributed by atoms with van der Waals surface area (Å²) >= 11 is 0. The van der Waals surface area contributed by atoms with Crippen molar-refractivity contribution >= 4 is 0 Å². The maximum absolute atomic E-state index is 9.79. The predicted molar refractivity (Wildman–Crippen MR) is 94.2 cm³/mol. The normalized spacial score (nSPS) is 11.2. The Balaban J connectivity index is 2.15. The molecule has 3 rings (SSSR count). The summed E-state index contributed by atoms with van der Waals surface area (Å²) in [5.41, 5.74) is 5.44. The topological polar surface area (TPSA) is 38.0 Å². The van der Waals surface area contributed by atoms with Crippen molar-refractivity contribution in [3.05, 3.63) is 65.5 Å². The molecule has 0 unspecified atom stereocenters. The Labute approximate surface area is 137 Å². The lowest BCUT2D eigenvalue weighted by Crippen LogP contribution is -2.03. The molecule has 1 aromatic carbocycles. The third-order valence-electron chi connectivity index (χ3n) is 4.17. The van der Waals surface area contributed by atoms with Crippen LogP contribution in [0.1, 0.15) is 36.7 Å². The van der Waals surface area contributed by atoms with Gasteiger partial charge in [-0.2, -0.15) is 0 Å². The first-order valence-electron chi connectivity index (χ1n) is 7.93. The van der Waals surface area contributed by atoms with Crippen LogP contribution in [0.5, 0.6) is 5.75 Å². The first-order chi connectivity index (χ1) is 11.0. The number of rotatable bonds is 3. The van der Waals surface area contributed by atoms with E-state index >= 15 is 0 Å². The van der Waals surface area contributed by atoms with Crippen LogP contribution in [0.25, 0.3) is 17.1 Å². The van der Waals surface area contributed by atoms with Gasteiger partial charge in [-0.3, -0.25) is 0 Å². The van der Waals surface area contributed by atoms with Gasteiger partial charge in [0.1, 0.15) is 11.6 Å². The highest BCUT2D eigenvalue weighted by Crippen LogP contribution is 2.31. The lowest BCUT2D eigenvalue weighted by Gasteiger charge is -2.15. The van der Waals surface area contributed by atoms with Gasteiger partial charge in [0.25, 0.3) is 0 Å². The summed E-state index contributed by atoms with van der Waals surface area (Å²) in [4.78, 5) is 4.86. The fraction of sp³-hybridized carbons (Fsp3) is 0.250. The van der Waals surface area contributed by atoms with Crippen LogP contribution in [0.15, 0.2) is 48.5 Å². The van der Waals surface area contributed by atoms with Crippen molar-refractivity contribution in [1.82, 2.24) is 9.55 Å². The lowest BCUT2D eigenvalue weighted by molar-refractivity contribution is 0.474. The van der Waals surface area contributed by atoms with Gasteiger partial charge < -0.3 is 9.67 Å². The Morgan fingerprint density at radius 1 is 0.957 bits per heavy atom. The smallest absolute Gasteiger partial charge is 0.137 e. The number of phenolic OH excluding ortho intramolecular Hbond substituents is 1. The number of benzene rings is 1. The minimum Gasteiger partial charge on any atom is -0.508 e. The molecule has 0 aliphatic rings. The van der Waals surface area contributed by atoms with Crippen molar-refractivity contribution in [2.45, 2.75) is 33.6 Å². The van der Waals surface area contributed by atoms with Crippen molar-refractivity contribution < 1.29 is 5.11 Å². The molecule has 1 N–H and O–H groups in total. The lowest BCUT2D eigenvalue weighted by atomic mass is 9.95. The third-order valence-corrected chi connectivity index (χ3v) is 4.17. The summed E-state index contributed by atoms with van der Waals surface area (Å²) in [6, 6.07) is 15.8. The molecule has 3 heteroatoms. The molecule has 118 valence electrons. The van der Waals surface area contributed by atoms with Crippen LogP contribution in [-0.4, -0.2) is 14.7 Å². The van der Waals surface area contributed by atoms with Gasteiger partial charge in [-0.15, -0.1) is 0 Å². The van der Waals surface area contributed by atoms with Gasteiger partial charge >= 0.3 is 0 Å². The Morgan fingerprint density at radius 3 is 2.30 bits per heavy atom. The Bertz CT molecular complexity index is 827. The molecule has 0 saturated heterocycles. The molecule has 0 fully saturated rings. The maximum Gasteiger partial charge on any atom is 0.137 e. The van der Waals surface area contributed by atoms with E-state index in [1.54, 1.807) is 6.07 Å². The molecule has 0 bridgehead atoms. The van der Waals surface area contributed by atoms with Gasteiger partial charge in [0, 0.05) is 17.0 Å². The number of pyridine rings is 1. The molecule has 2 aromatic heterocycles. The van der Waals surface area contributed by atoms with E-state index in [1.165, 1.54) is 11.4 Å². The van der Waals surface area contributed by atoms with Crippen LogP contribution in [0, 0.1) is 13.8 Å². The molecule has 2 heterocycles. The first-order valence-corrected chi connectivity index (χ1v) is 7.93. The zero-order chi connectivity index (χ0) is 16.6. The molecule has 23 heavy (non-hydrogen) atoms. The van der Waals surface area contributed by atoms with Gasteiger partial charge in [-0.1, -0.05) is 19.9 Å². The molecule has 3 nitrogen and oxygen atoms in total. The number of phenols is 1. The summed E-state index contributed by atoms with van der Waals surface area (Å²) in [7, 11) is 0. The Hall–Kier alpha value is -2.55. The highest BCUT2D eigenvalue weighted by Gasteiger charge is 2.12. The number of aromatic hydroxyl groups is 1. The molecule has 3 aromatic rings. The summed E-state index contributed by atoms with van der Waals surface area (Å²) < 4.78 is 2.15. The van der Waals surface area contributed by atoms with Gasteiger partial charge in [0.2, 0.25) is 0 Å². The molecule has 0 spiro atoms. The molecular formula is C20H22N2O. The van der Waals surface area contributed by atoms with E-state index in [0.29, 0.717) is 11.7 Å². The van der Waals surface area contributed by atoms with Crippen molar-refractivity contribution in [2.24, 2.45) is 0 Å². The Morgan fingerprint density at radius 2 is 1.65 bits per heavy atom. The fourth-order valence-electron chi connectivity index (χ4n) is 2.99. The summed E-state index contributed by atoms with van der Waals surface area (Å²) in [6.07, 6.45) is 0. The van der Waals surface area contributed by atoms with Gasteiger partial charge in [-0.05, 0) is 67.8 Å². The van der Waals surface area contributed by atoms with E-state index in [1.807, 2.05) is 30.3 Å². The monoisotopic (exact) mass is 306 g/mol. The second-order valence-electron chi connectivity index (χ2n) is 6.26. The van der Waals surface area contributed by atoms with E-state index in [9.17, 15) is 5.11 Å². The second kappa shape index (κ2) is 5.92. The molecule has 0 atom stereocenters. The van der Waals surface area contributed by atoms with Crippen LogP contribution in [-0.2, 0) is 0 Å². The van der Waals surface area contributed by atoms with E-state index in [0.717, 1.165) is 22.6 Å². The molecule has 0 saturated carbocycles. The average Bonchev–Trinajstić information content (AvgIpc) is 2.86. The predicted octanol–water partition coefficient (Wildman–Crippen LogP) is 4.99. The summed E-state index contributed by atoms with van der Waals surface area (Å²) in [5, 5.41) is 9.79. The third kappa shape index (κ3) is 2.87. The number of nitrogens with zero attached hydrogens (tertiary/aromatic N) is 2. The van der Waals surface area contributed by atoms with E-state index in [2.05, 4.69) is 44.4 Å². The van der Waals surface area contributed by atoms with Crippen molar-refractivity contribution in [2.75, 3.05) is 0 Å². The van der Waals surface area contributed by atoms with Gasteiger partial charge in [-0.25, -0.2) is 4.98 Å². The quantitative estimate of drug-likeness (QED) is 0.740. The van der Waals surface area contributed by atoms with E-state index in [4.69, 9.17) is 4.98 Å². The van der Waals surface area contributed by atoms with Crippen LogP contribution in [0.2, 0.25) is 0 Å². The number of aromatic nitrogens is 2. The number of hydrogen-bond acceptors (Lipinski definition) is 2. The largest absolute Gasteiger partial charge is 0.508 e. The summed E-state index contributed by atoms with van der Waals surface area (Å²) in [6.45, 7) is 8.42.